The van der Waals surface area contributed by atoms with E-state index in [2.05, 4.69) is 5.32 Å². The van der Waals surface area contributed by atoms with Crippen LogP contribution in [-0.4, -0.2) is 19.2 Å². The normalized spacial score (nSPS) is 10.4. The van der Waals surface area contributed by atoms with Crippen LogP contribution in [0, 0.1) is 6.92 Å². The quantitative estimate of drug-likeness (QED) is 0.892. The van der Waals surface area contributed by atoms with Gasteiger partial charge in [0.05, 0.1) is 11.4 Å². The third-order valence-corrected chi connectivity index (χ3v) is 3.38. The Hall–Kier alpha value is -1.87. The number of phenols is 1. The minimum Gasteiger partial charge on any atom is -0.508 e. The molecule has 0 heterocycles. The average Bonchev–Trinajstić information content (AvgIpc) is 2.39. The van der Waals surface area contributed by atoms with Crippen molar-refractivity contribution in [2.45, 2.75) is 13.5 Å². The van der Waals surface area contributed by atoms with Crippen LogP contribution in [0.2, 0.25) is 5.02 Å². The van der Waals surface area contributed by atoms with E-state index in [1.54, 1.807) is 6.07 Å². The molecule has 0 aliphatic carbocycles. The summed E-state index contributed by atoms with van der Waals surface area (Å²) in [7, 11) is 3.97. The predicted molar refractivity (Wildman–Crippen MR) is 85.9 cm³/mol. The fraction of sp³-hybridized carbons (Fsp3) is 0.250. The molecule has 2 rings (SSSR count). The Bertz CT molecular complexity index is 611. The van der Waals surface area contributed by atoms with Crippen LogP contribution >= 0.6 is 11.6 Å². The molecule has 0 aliphatic rings. The van der Waals surface area contributed by atoms with Gasteiger partial charge < -0.3 is 15.3 Å². The van der Waals surface area contributed by atoms with Crippen molar-refractivity contribution in [3.05, 3.63) is 52.5 Å². The van der Waals surface area contributed by atoms with Crippen molar-refractivity contribution in [2.75, 3.05) is 24.3 Å². The van der Waals surface area contributed by atoms with Crippen molar-refractivity contribution in [3.8, 4) is 5.75 Å². The van der Waals surface area contributed by atoms with Gasteiger partial charge in [0.1, 0.15) is 5.75 Å². The van der Waals surface area contributed by atoms with Gasteiger partial charge in [-0.05, 0) is 31.2 Å². The summed E-state index contributed by atoms with van der Waals surface area (Å²) in [5, 5.41) is 13.9. The van der Waals surface area contributed by atoms with E-state index in [0.717, 1.165) is 22.5 Å². The number of rotatable bonds is 4. The molecule has 0 fully saturated rings. The molecule has 0 radical (unpaired) electrons. The zero-order valence-electron chi connectivity index (χ0n) is 11.9. The van der Waals surface area contributed by atoms with Crippen molar-refractivity contribution in [2.24, 2.45) is 0 Å². The number of halogens is 1. The van der Waals surface area contributed by atoms with E-state index < -0.39 is 0 Å². The van der Waals surface area contributed by atoms with Crippen LogP contribution in [0.25, 0.3) is 0 Å². The minimum absolute atomic E-state index is 0.302. The molecular formula is C16H19ClN2O. The lowest BCUT2D eigenvalue weighted by Gasteiger charge is -2.19. The van der Waals surface area contributed by atoms with E-state index in [1.807, 2.05) is 56.3 Å². The zero-order chi connectivity index (χ0) is 14.7. The van der Waals surface area contributed by atoms with E-state index in [-0.39, 0.29) is 0 Å². The Kier molecular flexibility index (Phi) is 4.40. The first-order valence-corrected chi connectivity index (χ1v) is 6.84. The van der Waals surface area contributed by atoms with Gasteiger partial charge >= 0.3 is 0 Å². The molecule has 0 saturated heterocycles. The molecule has 0 spiro atoms. The van der Waals surface area contributed by atoms with Gasteiger partial charge in [0, 0.05) is 31.2 Å². The van der Waals surface area contributed by atoms with E-state index in [0.29, 0.717) is 17.3 Å². The zero-order valence-corrected chi connectivity index (χ0v) is 12.7. The van der Waals surface area contributed by atoms with Gasteiger partial charge in [-0.2, -0.15) is 0 Å². The first-order valence-electron chi connectivity index (χ1n) is 6.46. The topological polar surface area (TPSA) is 35.5 Å². The number of phenolic OH excluding ortho intramolecular Hbond substituents is 1. The van der Waals surface area contributed by atoms with Crippen molar-refractivity contribution in [3.63, 3.8) is 0 Å². The predicted octanol–water partition coefficient (Wildman–Crippen LogP) is 4.03. The van der Waals surface area contributed by atoms with Crippen LogP contribution < -0.4 is 10.2 Å². The molecule has 106 valence electrons. The first kappa shape index (κ1) is 14.5. The molecule has 2 aromatic carbocycles. The maximum absolute atomic E-state index is 9.87. The number of anilines is 2. The summed E-state index contributed by atoms with van der Waals surface area (Å²) in [6, 6.07) is 11.3. The monoisotopic (exact) mass is 290 g/mol. The number of nitrogens with one attached hydrogen (secondary N) is 1. The highest BCUT2D eigenvalue weighted by Gasteiger charge is 2.07. The number of benzene rings is 2. The van der Waals surface area contributed by atoms with Crippen molar-refractivity contribution in [1.29, 1.82) is 0 Å². The third-order valence-electron chi connectivity index (χ3n) is 3.14. The van der Waals surface area contributed by atoms with E-state index in [1.165, 1.54) is 0 Å². The molecule has 0 amide bonds. The standard InChI is InChI=1S/C16H19ClN2O/c1-11-4-7-16(20)12(8-11)10-18-14-9-13(17)5-6-15(14)19(2)3/h4-9,18,20H,10H2,1-3H3. The van der Waals surface area contributed by atoms with Gasteiger partial charge in [0.25, 0.3) is 0 Å². The Morgan fingerprint density at radius 1 is 1.15 bits per heavy atom. The van der Waals surface area contributed by atoms with Crippen LogP contribution in [0.15, 0.2) is 36.4 Å². The molecule has 0 bridgehead atoms. The lowest BCUT2D eigenvalue weighted by atomic mass is 10.1. The summed E-state index contributed by atoms with van der Waals surface area (Å²) in [5.74, 6) is 0.302. The largest absolute Gasteiger partial charge is 0.508 e. The van der Waals surface area contributed by atoms with Gasteiger partial charge in [-0.15, -0.1) is 0 Å². The molecule has 0 saturated carbocycles. The molecule has 0 atom stereocenters. The smallest absolute Gasteiger partial charge is 0.120 e. The van der Waals surface area contributed by atoms with Crippen LogP contribution in [-0.2, 0) is 6.54 Å². The molecule has 0 aliphatic heterocycles. The van der Waals surface area contributed by atoms with Crippen molar-refractivity contribution < 1.29 is 5.11 Å². The number of hydrogen-bond acceptors (Lipinski definition) is 3. The van der Waals surface area contributed by atoms with Gasteiger partial charge in [-0.1, -0.05) is 29.3 Å². The number of hydrogen-bond donors (Lipinski definition) is 2. The number of aromatic hydroxyl groups is 1. The molecule has 4 heteroatoms. The Labute approximate surface area is 124 Å². The number of aryl methyl sites for hydroxylation is 1. The maximum Gasteiger partial charge on any atom is 0.120 e. The van der Waals surface area contributed by atoms with Crippen molar-refractivity contribution in [1.82, 2.24) is 0 Å². The summed E-state index contributed by atoms with van der Waals surface area (Å²) < 4.78 is 0. The average molecular weight is 291 g/mol. The third kappa shape index (κ3) is 3.36. The minimum atomic E-state index is 0.302. The summed E-state index contributed by atoms with van der Waals surface area (Å²) in [4.78, 5) is 2.02. The van der Waals surface area contributed by atoms with E-state index >= 15 is 0 Å². The number of nitrogens with zero attached hydrogens (tertiary/aromatic N) is 1. The molecule has 2 N–H and O–H groups in total. The van der Waals surface area contributed by atoms with Gasteiger partial charge in [-0.25, -0.2) is 0 Å². The summed E-state index contributed by atoms with van der Waals surface area (Å²) in [6.45, 7) is 2.56. The van der Waals surface area contributed by atoms with Crippen LogP contribution in [0.5, 0.6) is 5.75 Å². The van der Waals surface area contributed by atoms with Gasteiger partial charge in [0.15, 0.2) is 0 Å². The van der Waals surface area contributed by atoms with Crippen LogP contribution in [0.1, 0.15) is 11.1 Å². The summed E-state index contributed by atoms with van der Waals surface area (Å²) >= 11 is 6.05. The highest BCUT2D eigenvalue weighted by molar-refractivity contribution is 6.31. The highest BCUT2D eigenvalue weighted by Crippen LogP contribution is 2.29. The summed E-state index contributed by atoms with van der Waals surface area (Å²) in [5.41, 5.74) is 4.00. The second-order valence-electron chi connectivity index (χ2n) is 5.04. The van der Waals surface area contributed by atoms with E-state index in [9.17, 15) is 5.11 Å². The Morgan fingerprint density at radius 3 is 2.60 bits per heavy atom. The summed E-state index contributed by atoms with van der Waals surface area (Å²) in [6.07, 6.45) is 0. The lowest BCUT2D eigenvalue weighted by molar-refractivity contribution is 0.469. The molecule has 20 heavy (non-hydrogen) atoms. The lowest BCUT2D eigenvalue weighted by Crippen LogP contribution is -2.12. The molecule has 2 aromatic rings. The van der Waals surface area contributed by atoms with Gasteiger partial charge in [0.2, 0.25) is 0 Å². The first-order chi connectivity index (χ1) is 9.47. The SMILES string of the molecule is Cc1ccc(O)c(CNc2cc(Cl)ccc2N(C)C)c1. The van der Waals surface area contributed by atoms with Crippen molar-refractivity contribution >= 4 is 23.0 Å². The fourth-order valence-electron chi connectivity index (χ4n) is 2.09. The second-order valence-corrected chi connectivity index (χ2v) is 5.48. The molecule has 0 aromatic heterocycles. The van der Waals surface area contributed by atoms with Crippen LogP contribution in [0.4, 0.5) is 11.4 Å². The van der Waals surface area contributed by atoms with Gasteiger partial charge in [-0.3, -0.25) is 0 Å². The Balaban J connectivity index is 2.22. The molecular weight excluding hydrogens is 272 g/mol. The second kappa shape index (κ2) is 6.06. The van der Waals surface area contributed by atoms with E-state index in [4.69, 9.17) is 11.6 Å². The van der Waals surface area contributed by atoms with Crippen LogP contribution in [0.3, 0.4) is 0 Å². The Morgan fingerprint density at radius 2 is 1.90 bits per heavy atom. The highest BCUT2D eigenvalue weighted by atomic mass is 35.5. The maximum atomic E-state index is 9.87. The molecule has 3 nitrogen and oxygen atoms in total. The fourth-order valence-corrected chi connectivity index (χ4v) is 2.26. The molecule has 0 unspecified atom stereocenters.